The molecule has 0 aliphatic carbocycles. The SMILES string of the molecule is COc1ccc(NC(=O)c2ccc(NC(=O)C3Oc4ccccc4OC3C)cc2)cc1. The van der Waals surface area contributed by atoms with Crippen molar-refractivity contribution in [2.24, 2.45) is 0 Å². The number of fused-ring (bicyclic) bond motifs is 1. The zero-order valence-corrected chi connectivity index (χ0v) is 17.1. The van der Waals surface area contributed by atoms with Crippen LogP contribution in [-0.2, 0) is 4.79 Å². The Labute approximate surface area is 179 Å². The Hall–Kier alpha value is -4.00. The number of nitrogens with one attached hydrogen (secondary N) is 2. The summed E-state index contributed by atoms with van der Waals surface area (Å²) in [6.45, 7) is 1.78. The van der Waals surface area contributed by atoms with Crippen LogP contribution in [0.4, 0.5) is 11.4 Å². The smallest absolute Gasteiger partial charge is 0.269 e. The first-order chi connectivity index (χ1) is 15.0. The van der Waals surface area contributed by atoms with E-state index in [0.29, 0.717) is 34.2 Å². The largest absolute Gasteiger partial charge is 0.497 e. The topological polar surface area (TPSA) is 85.9 Å². The number of benzene rings is 3. The number of ether oxygens (including phenoxy) is 3. The fraction of sp³-hybridized carbons (Fsp3) is 0.167. The summed E-state index contributed by atoms with van der Waals surface area (Å²) >= 11 is 0. The number of methoxy groups -OCH3 is 1. The third-order valence-electron chi connectivity index (χ3n) is 4.86. The van der Waals surface area contributed by atoms with E-state index >= 15 is 0 Å². The minimum atomic E-state index is -0.784. The van der Waals surface area contributed by atoms with Crippen molar-refractivity contribution in [3.63, 3.8) is 0 Å². The molecule has 3 aromatic rings. The normalized spacial score (nSPS) is 16.8. The number of carbonyl (C=O) groups is 2. The minimum Gasteiger partial charge on any atom is -0.497 e. The van der Waals surface area contributed by atoms with Gasteiger partial charge in [-0.15, -0.1) is 0 Å². The van der Waals surface area contributed by atoms with Gasteiger partial charge in [-0.05, 0) is 67.6 Å². The molecule has 0 aromatic heterocycles. The molecule has 0 spiro atoms. The predicted molar refractivity (Wildman–Crippen MR) is 117 cm³/mol. The molecule has 2 unspecified atom stereocenters. The van der Waals surface area contributed by atoms with Gasteiger partial charge >= 0.3 is 0 Å². The van der Waals surface area contributed by atoms with Crippen LogP contribution >= 0.6 is 0 Å². The van der Waals surface area contributed by atoms with Crippen LogP contribution in [0, 0.1) is 0 Å². The lowest BCUT2D eigenvalue weighted by atomic mass is 10.1. The van der Waals surface area contributed by atoms with E-state index in [2.05, 4.69) is 10.6 Å². The van der Waals surface area contributed by atoms with Gasteiger partial charge in [-0.1, -0.05) is 12.1 Å². The van der Waals surface area contributed by atoms with Crippen LogP contribution in [0.15, 0.2) is 72.8 Å². The molecule has 3 aromatic carbocycles. The van der Waals surface area contributed by atoms with Crippen molar-refractivity contribution in [2.75, 3.05) is 17.7 Å². The van der Waals surface area contributed by atoms with Gasteiger partial charge in [-0.2, -0.15) is 0 Å². The second kappa shape index (κ2) is 8.79. The van der Waals surface area contributed by atoms with E-state index in [1.807, 2.05) is 12.1 Å². The summed E-state index contributed by atoms with van der Waals surface area (Å²) < 4.78 is 16.7. The number of rotatable bonds is 5. The van der Waals surface area contributed by atoms with Gasteiger partial charge < -0.3 is 24.8 Å². The summed E-state index contributed by atoms with van der Waals surface area (Å²) in [5.41, 5.74) is 1.68. The maximum atomic E-state index is 12.7. The molecule has 2 atom stereocenters. The van der Waals surface area contributed by atoms with E-state index in [1.54, 1.807) is 74.7 Å². The van der Waals surface area contributed by atoms with Crippen LogP contribution in [0.5, 0.6) is 17.2 Å². The van der Waals surface area contributed by atoms with Crippen molar-refractivity contribution >= 4 is 23.2 Å². The predicted octanol–water partition coefficient (Wildman–Crippen LogP) is 4.11. The Bertz CT molecular complexity index is 1080. The average molecular weight is 418 g/mol. The average Bonchev–Trinajstić information content (AvgIpc) is 2.79. The number of para-hydroxylation sites is 2. The van der Waals surface area contributed by atoms with Gasteiger partial charge in [0.2, 0.25) is 6.10 Å². The molecule has 7 heteroatoms. The quantitative estimate of drug-likeness (QED) is 0.651. The van der Waals surface area contributed by atoms with Gasteiger partial charge in [0.05, 0.1) is 7.11 Å². The highest BCUT2D eigenvalue weighted by atomic mass is 16.6. The molecule has 2 N–H and O–H groups in total. The molecule has 0 bridgehead atoms. The number of anilines is 2. The zero-order chi connectivity index (χ0) is 21.8. The fourth-order valence-corrected chi connectivity index (χ4v) is 3.20. The van der Waals surface area contributed by atoms with E-state index in [0.717, 1.165) is 0 Å². The van der Waals surface area contributed by atoms with E-state index in [1.165, 1.54) is 0 Å². The van der Waals surface area contributed by atoms with Crippen LogP contribution < -0.4 is 24.8 Å². The Morgan fingerprint density at radius 3 is 2.03 bits per heavy atom. The van der Waals surface area contributed by atoms with Crippen LogP contribution in [0.3, 0.4) is 0 Å². The van der Waals surface area contributed by atoms with Crippen molar-refractivity contribution in [2.45, 2.75) is 19.1 Å². The Morgan fingerprint density at radius 2 is 1.39 bits per heavy atom. The minimum absolute atomic E-state index is 0.253. The van der Waals surface area contributed by atoms with E-state index in [9.17, 15) is 9.59 Å². The zero-order valence-electron chi connectivity index (χ0n) is 17.1. The number of carbonyl (C=O) groups excluding carboxylic acids is 2. The molecule has 2 amide bonds. The molecule has 1 aliphatic rings. The van der Waals surface area contributed by atoms with Crippen molar-refractivity contribution in [1.82, 2.24) is 0 Å². The Kier molecular flexibility index (Phi) is 5.75. The molecular formula is C24H22N2O5. The molecule has 31 heavy (non-hydrogen) atoms. The summed E-state index contributed by atoms with van der Waals surface area (Å²) in [7, 11) is 1.58. The fourth-order valence-electron chi connectivity index (χ4n) is 3.20. The molecular weight excluding hydrogens is 396 g/mol. The van der Waals surface area contributed by atoms with E-state index in [-0.39, 0.29) is 11.8 Å². The molecule has 0 radical (unpaired) electrons. The molecule has 0 saturated heterocycles. The molecule has 0 saturated carbocycles. The molecule has 158 valence electrons. The van der Waals surface area contributed by atoms with Crippen LogP contribution in [0.1, 0.15) is 17.3 Å². The number of amides is 2. The first kappa shape index (κ1) is 20.3. The monoisotopic (exact) mass is 418 g/mol. The third-order valence-corrected chi connectivity index (χ3v) is 4.86. The van der Waals surface area contributed by atoms with Gasteiger partial charge in [0.25, 0.3) is 11.8 Å². The van der Waals surface area contributed by atoms with Gasteiger partial charge in [0.15, 0.2) is 11.5 Å². The highest BCUT2D eigenvalue weighted by Crippen LogP contribution is 2.33. The van der Waals surface area contributed by atoms with Crippen molar-refractivity contribution < 1.29 is 23.8 Å². The molecule has 7 nitrogen and oxygen atoms in total. The molecule has 0 fully saturated rings. The summed E-state index contributed by atoms with van der Waals surface area (Å²) in [5.74, 6) is 1.29. The van der Waals surface area contributed by atoms with E-state index in [4.69, 9.17) is 14.2 Å². The van der Waals surface area contributed by atoms with Crippen LogP contribution in [-0.4, -0.2) is 31.1 Å². The van der Waals surface area contributed by atoms with Crippen molar-refractivity contribution in [3.8, 4) is 17.2 Å². The van der Waals surface area contributed by atoms with Crippen LogP contribution in [0.25, 0.3) is 0 Å². The number of hydrogen-bond acceptors (Lipinski definition) is 5. The molecule has 1 heterocycles. The highest BCUT2D eigenvalue weighted by molar-refractivity contribution is 6.04. The summed E-state index contributed by atoms with van der Waals surface area (Å²) in [6.07, 6.45) is -1.22. The maximum Gasteiger partial charge on any atom is 0.269 e. The lowest BCUT2D eigenvalue weighted by Crippen LogP contribution is -2.46. The van der Waals surface area contributed by atoms with Gasteiger partial charge in [-0.25, -0.2) is 0 Å². The third kappa shape index (κ3) is 4.61. The summed E-state index contributed by atoms with van der Waals surface area (Å²) in [4.78, 5) is 25.1. The Balaban J connectivity index is 1.37. The maximum absolute atomic E-state index is 12.7. The summed E-state index contributed by atoms with van der Waals surface area (Å²) in [5, 5.41) is 5.63. The highest BCUT2D eigenvalue weighted by Gasteiger charge is 2.34. The number of hydrogen-bond donors (Lipinski definition) is 2. The molecule has 1 aliphatic heterocycles. The van der Waals surface area contributed by atoms with E-state index < -0.39 is 12.2 Å². The second-order valence-electron chi connectivity index (χ2n) is 7.06. The van der Waals surface area contributed by atoms with Crippen molar-refractivity contribution in [1.29, 1.82) is 0 Å². The summed E-state index contributed by atoms with van der Waals surface area (Å²) in [6, 6.07) is 20.9. The van der Waals surface area contributed by atoms with Crippen LogP contribution in [0.2, 0.25) is 0 Å². The van der Waals surface area contributed by atoms with Gasteiger partial charge in [-0.3, -0.25) is 9.59 Å². The van der Waals surface area contributed by atoms with Gasteiger partial charge in [0, 0.05) is 16.9 Å². The Morgan fingerprint density at radius 1 is 0.806 bits per heavy atom. The lowest BCUT2D eigenvalue weighted by molar-refractivity contribution is -0.128. The first-order valence-electron chi connectivity index (χ1n) is 9.82. The first-order valence-corrected chi connectivity index (χ1v) is 9.82. The van der Waals surface area contributed by atoms with Crippen molar-refractivity contribution in [3.05, 3.63) is 78.4 Å². The molecule has 4 rings (SSSR count). The second-order valence-corrected chi connectivity index (χ2v) is 7.06. The lowest BCUT2D eigenvalue weighted by Gasteiger charge is -2.31. The standard InChI is InChI=1S/C24H22N2O5/c1-15-22(31-21-6-4-3-5-20(21)30-15)24(28)26-17-9-7-16(8-10-17)23(27)25-18-11-13-19(29-2)14-12-18/h3-15,22H,1-2H3,(H,25,27)(H,26,28). The van der Waals surface area contributed by atoms with Gasteiger partial charge in [0.1, 0.15) is 11.9 Å².